The van der Waals surface area contributed by atoms with E-state index in [4.69, 9.17) is 0 Å². The molecule has 130 valence electrons. The van der Waals surface area contributed by atoms with Gasteiger partial charge < -0.3 is 15.1 Å². The quantitative estimate of drug-likeness (QED) is 0.844. The van der Waals surface area contributed by atoms with Crippen LogP contribution in [0.5, 0.6) is 0 Å². The molecule has 1 fully saturated rings. The first-order chi connectivity index (χ1) is 12.2. The lowest BCUT2D eigenvalue weighted by atomic mass is 10.0. The van der Waals surface area contributed by atoms with Crippen LogP contribution in [0.1, 0.15) is 36.5 Å². The number of hydrogen-bond acceptors (Lipinski definition) is 3. The fourth-order valence-corrected chi connectivity index (χ4v) is 3.15. The van der Waals surface area contributed by atoms with Gasteiger partial charge in [-0.15, -0.1) is 0 Å². The first-order valence-electron chi connectivity index (χ1n) is 8.60. The fraction of sp³-hybridized carbons (Fsp3) is 0.333. The van der Waals surface area contributed by atoms with Crippen molar-refractivity contribution in [2.75, 3.05) is 18.1 Å². The number of nitrogens with zero attached hydrogens (tertiary/aromatic N) is 1. The predicted octanol–water partition coefficient (Wildman–Crippen LogP) is 3.26. The molecule has 3 nitrogen and oxygen atoms in total. The summed E-state index contributed by atoms with van der Waals surface area (Å²) in [5.74, 6) is 5.40. The van der Waals surface area contributed by atoms with Gasteiger partial charge in [0, 0.05) is 17.8 Å². The van der Waals surface area contributed by atoms with E-state index in [0.717, 1.165) is 37.1 Å². The molecule has 4 heteroatoms. The van der Waals surface area contributed by atoms with Crippen LogP contribution in [-0.4, -0.2) is 29.4 Å². The zero-order valence-electron chi connectivity index (χ0n) is 14.0. The summed E-state index contributed by atoms with van der Waals surface area (Å²) in [4.78, 5) is 2.24. The van der Waals surface area contributed by atoms with E-state index in [1.54, 1.807) is 0 Å². The highest BCUT2D eigenvalue weighted by atomic mass is 19.1. The topological polar surface area (TPSA) is 43.7 Å². The fourth-order valence-electron chi connectivity index (χ4n) is 3.15. The van der Waals surface area contributed by atoms with E-state index in [9.17, 15) is 14.6 Å². The Morgan fingerprint density at radius 3 is 2.48 bits per heavy atom. The van der Waals surface area contributed by atoms with Gasteiger partial charge in [-0.1, -0.05) is 24.0 Å². The molecule has 1 aliphatic rings. The van der Waals surface area contributed by atoms with Crippen LogP contribution >= 0.6 is 0 Å². The third-order valence-electron chi connectivity index (χ3n) is 4.58. The maximum Gasteiger partial charge on any atom is 0.140 e. The van der Waals surface area contributed by atoms with Gasteiger partial charge in [-0.25, -0.2) is 4.39 Å². The number of rotatable bonds is 3. The van der Waals surface area contributed by atoms with Crippen molar-refractivity contribution in [3.05, 3.63) is 65.5 Å². The molecule has 2 aromatic carbocycles. The van der Waals surface area contributed by atoms with Crippen LogP contribution in [0.4, 0.5) is 10.1 Å². The van der Waals surface area contributed by atoms with Crippen LogP contribution in [0, 0.1) is 17.7 Å². The maximum absolute atomic E-state index is 12.9. The third kappa shape index (κ3) is 4.39. The van der Waals surface area contributed by atoms with Gasteiger partial charge in [-0.05, 0) is 61.2 Å². The molecule has 0 saturated carbocycles. The van der Waals surface area contributed by atoms with E-state index in [0.29, 0.717) is 5.56 Å². The van der Waals surface area contributed by atoms with Crippen LogP contribution in [0.15, 0.2) is 48.5 Å². The van der Waals surface area contributed by atoms with Gasteiger partial charge in [0.1, 0.15) is 11.9 Å². The summed E-state index contributed by atoms with van der Waals surface area (Å²) < 4.78 is 12.9. The summed E-state index contributed by atoms with van der Waals surface area (Å²) in [6.07, 6.45) is 2.37. The molecule has 0 radical (unpaired) electrons. The molecule has 1 heterocycles. The smallest absolute Gasteiger partial charge is 0.140 e. The summed E-state index contributed by atoms with van der Waals surface area (Å²) >= 11 is 0. The summed E-state index contributed by atoms with van der Waals surface area (Å²) in [5, 5.41) is 19.6. The number of benzene rings is 2. The molecule has 0 aromatic heterocycles. The van der Waals surface area contributed by atoms with Crippen LogP contribution in [0.3, 0.4) is 0 Å². The monoisotopic (exact) mass is 339 g/mol. The Morgan fingerprint density at radius 2 is 1.80 bits per heavy atom. The molecular formula is C21H22FNO2. The summed E-state index contributed by atoms with van der Waals surface area (Å²) in [5.41, 5.74) is 2.47. The van der Waals surface area contributed by atoms with E-state index in [2.05, 4.69) is 16.7 Å². The van der Waals surface area contributed by atoms with Crippen LogP contribution in [-0.2, 0) is 0 Å². The molecule has 1 aliphatic heterocycles. The average Bonchev–Trinajstić information content (AvgIpc) is 2.67. The lowest BCUT2D eigenvalue weighted by molar-refractivity contribution is 0.238. The van der Waals surface area contributed by atoms with Crippen molar-refractivity contribution in [1.29, 1.82) is 0 Å². The molecule has 2 N–H and O–H groups in total. The normalized spacial score (nSPS) is 18.4. The van der Waals surface area contributed by atoms with Crippen molar-refractivity contribution in [2.24, 2.45) is 0 Å². The molecule has 0 amide bonds. The Bertz CT molecular complexity index is 746. The lowest BCUT2D eigenvalue weighted by Crippen LogP contribution is -2.41. The van der Waals surface area contributed by atoms with Crippen molar-refractivity contribution < 1.29 is 14.6 Å². The predicted molar refractivity (Wildman–Crippen MR) is 96.8 cm³/mol. The molecule has 1 saturated heterocycles. The third-order valence-corrected chi connectivity index (χ3v) is 4.58. The molecule has 0 bridgehead atoms. The lowest BCUT2D eigenvalue weighted by Gasteiger charge is -2.36. The number of piperidine rings is 1. The molecule has 25 heavy (non-hydrogen) atoms. The minimum absolute atomic E-state index is 0.172. The second-order valence-corrected chi connectivity index (χ2v) is 6.30. The number of aliphatic hydroxyl groups is 2. The Hall–Kier alpha value is -2.35. The van der Waals surface area contributed by atoms with Gasteiger partial charge in [0.05, 0.1) is 12.6 Å². The first-order valence-corrected chi connectivity index (χ1v) is 8.60. The summed E-state index contributed by atoms with van der Waals surface area (Å²) in [6, 6.07) is 13.7. The van der Waals surface area contributed by atoms with E-state index < -0.39 is 6.10 Å². The van der Waals surface area contributed by atoms with Crippen LogP contribution in [0.2, 0.25) is 0 Å². The highest BCUT2D eigenvalue weighted by Gasteiger charge is 2.21. The molecule has 0 aliphatic carbocycles. The van der Waals surface area contributed by atoms with Gasteiger partial charge in [0.2, 0.25) is 0 Å². The Balaban J connectivity index is 1.69. The highest BCUT2D eigenvalue weighted by Crippen LogP contribution is 2.24. The zero-order valence-corrected chi connectivity index (χ0v) is 14.0. The second-order valence-electron chi connectivity index (χ2n) is 6.30. The minimum Gasteiger partial charge on any atom is -0.394 e. The second kappa shape index (κ2) is 8.15. The minimum atomic E-state index is -0.943. The van der Waals surface area contributed by atoms with E-state index in [-0.39, 0.29) is 18.5 Å². The number of aliphatic hydroxyl groups excluding tert-OH is 2. The van der Waals surface area contributed by atoms with Gasteiger partial charge >= 0.3 is 0 Å². The molecule has 2 atom stereocenters. The zero-order chi connectivity index (χ0) is 17.6. The van der Waals surface area contributed by atoms with Crippen molar-refractivity contribution >= 4 is 5.69 Å². The molecule has 3 rings (SSSR count). The van der Waals surface area contributed by atoms with Crippen molar-refractivity contribution in [2.45, 2.75) is 31.4 Å². The summed E-state index contributed by atoms with van der Waals surface area (Å²) in [6.45, 7) is 1.13. The molecule has 0 spiro atoms. The number of hydrogen-bond donors (Lipinski definition) is 2. The SMILES string of the molecule is OCC1CCCCN1c1ccc(C#CC(O)c2ccc(F)cc2)cc1. The summed E-state index contributed by atoms with van der Waals surface area (Å²) in [7, 11) is 0. The van der Waals surface area contributed by atoms with Crippen molar-refractivity contribution in [1.82, 2.24) is 0 Å². The van der Waals surface area contributed by atoms with Crippen LogP contribution in [0.25, 0.3) is 0 Å². The average molecular weight is 339 g/mol. The highest BCUT2D eigenvalue weighted by molar-refractivity contribution is 5.52. The molecular weight excluding hydrogens is 317 g/mol. The number of halogens is 1. The standard InChI is InChI=1S/C21H22FNO2/c22-18-9-7-17(8-10-18)21(25)13-6-16-4-11-19(12-5-16)23-14-2-1-3-20(23)15-24/h4-5,7-12,20-21,24-25H,1-3,14-15H2. The first kappa shape index (κ1) is 17.5. The molecule has 2 aromatic rings. The van der Waals surface area contributed by atoms with Crippen molar-refractivity contribution in [3.8, 4) is 11.8 Å². The maximum atomic E-state index is 12.9. The van der Waals surface area contributed by atoms with E-state index in [1.165, 1.54) is 24.3 Å². The Morgan fingerprint density at radius 1 is 1.08 bits per heavy atom. The number of anilines is 1. The van der Waals surface area contributed by atoms with E-state index >= 15 is 0 Å². The van der Waals surface area contributed by atoms with Gasteiger partial charge in [-0.2, -0.15) is 0 Å². The Labute approximate surface area is 147 Å². The largest absolute Gasteiger partial charge is 0.394 e. The molecule has 2 unspecified atom stereocenters. The van der Waals surface area contributed by atoms with Crippen LogP contribution < -0.4 is 4.90 Å². The Kier molecular flexibility index (Phi) is 5.70. The van der Waals surface area contributed by atoms with Gasteiger partial charge in [0.15, 0.2) is 0 Å². The van der Waals surface area contributed by atoms with Crippen molar-refractivity contribution in [3.63, 3.8) is 0 Å². The van der Waals surface area contributed by atoms with Gasteiger partial charge in [0.25, 0.3) is 0 Å². The van der Waals surface area contributed by atoms with Gasteiger partial charge in [-0.3, -0.25) is 0 Å². The van der Waals surface area contributed by atoms with E-state index in [1.807, 2.05) is 24.3 Å².